The molecule has 1 heterocycles. The average molecular weight is 488 g/mol. The minimum absolute atomic E-state index is 0.277. The van der Waals surface area contributed by atoms with Crippen molar-refractivity contribution in [1.29, 1.82) is 5.26 Å². The van der Waals surface area contributed by atoms with E-state index in [1.165, 1.54) is 4.90 Å². The summed E-state index contributed by atoms with van der Waals surface area (Å²) in [7, 11) is 0. The third-order valence-corrected chi connectivity index (χ3v) is 7.25. The van der Waals surface area contributed by atoms with Gasteiger partial charge in [-0.15, -0.1) is 0 Å². The summed E-state index contributed by atoms with van der Waals surface area (Å²) in [6.07, 6.45) is 2.27. The topological polar surface area (TPSA) is 67.6 Å². The molecule has 1 aliphatic heterocycles. The molecular formula is C26H22BrN3O2. The van der Waals surface area contributed by atoms with Gasteiger partial charge in [-0.3, -0.25) is 9.80 Å². The largest absolute Gasteiger partial charge is 0.364 e. The van der Waals surface area contributed by atoms with Crippen molar-refractivity contribution in [3.05, 3.63) is 94.0 Å². The molecular weight excluding hydrogens is 466 g/mol. The quantitative estimate of drug-likeness (QED) is 0.504. The highest BCUT2D eigenvalue weighted by molar-refractivity contribution is 9.10. The Morgan fingerprint density at radius 2 is 1.59 bits per heavy atom. The lowest BCUT2D eigenvalue weighted by atomic mass is 9.66. The van der Waals surface area contributed by atoms with Crippen molar-refractivity contribution in [2.45, 2.75) is 37.5 Å². The first-order chi connectivity index (χ1) is 15.4. The van der Waals surface area contributed by atoms with Gasteiger partial charge in [-0.25, -0.2) is 4.79 Å². The van der Waals surface area contributed by atoms with Crippen LogP contribution in [-0.2, 0) is 5.72 Å². The van der Waals surface area contributed by atoms with E-state index in [4.69, 9.17) is 0 Å². The molecule has 160 valence electrons. The lowest BCUT2D eigenvalue weighted by molar-refractivity contribution is -0.0525. The van der Waals surface area contributed by atoms with Crippen LogP contribution in [0.25, 0.3) is 0 Å². The lowest BCUT2D eigenvalue weighted by Gasteiger charge is -2.52. The van der Waals surface area contributed by atoms with Crippen LogP contribution in [-0.4, -0.2) is 16.7 Å². The van der Waals surface area contributed by atoms with Crippen LogP contribution in [0, 0.1) is 18.3 Å². The normalized spacial score (nSPS) is 21.5. The molecule has 2 fully saturated rings. The number of carbonyl (C=O) groups excluding carboxylic acids is 1. The zero-order chi connectivity index (χ0) is 22.5. The standard InChI is InChI=1S/C26H22BrN3O2/c1-18-4-2-5-20(16-18)26(32)25(14-3-15-25)29(22-10-6-19(17-28)7-11-22)24(31)30(26)23-12-8-21(27)9-13-23/h2,4-13,16,32H,3,14-15H2,1H3. The molecule has 5 nitrogen and oxygen atoms in total. The van der Waals surface area contributed by atoms with Crippen LogP contribution in [0.3, 0.4) is 0 Å². The SMILES string of the molecule is Cc1cccc(C2(O)N(c3ccc(Br)cc3)C(=O)N(c3ccc(C#N)cc3)C23CCC3)c1. The molecule has 1 N–H and O–H groups in total. The van der Waals surface area contributed by atoms with E-state index in [9.17, 15) is 15.2 Å². The molecule has 1 saturated heterocycles. The molecule has 1 saturated carbocycles. The number of hydrogen-bond donors (Lipinski definition) is 1. The highest BCUT2D eigenvalue weighted by Crippen LogP contribution is 2.59. The van der Waals surface area contributed by atoms with Crippen molar-refractivity contribution < 1.29 is 9.90 Å². The zero-order valence-corrected chi connectivity index (χ0v) is 19.2. The van der Waals surface area contributed by atoms with Crippen molar-refractivity contribution in [2.24, 2.45) is 0 Å². The molecule has 1 unspecified atom stereocenters. The summed E-state index contributed by atoms with van der Waals surface area (Å²) in [5.41, 5.74) is 1.20. The lowest BCUT2D eigenvalue weighted by Crippen LogP contribution is -2.63. The van der Waals surface area contributed by atoms with E-state index in [2.05, 4.69) is 22.0 Å². The summed E-state index contributed by atoms with van der Waals surface area (Å²) in [6.45, 7) is 1.99. The number of anilines is 2. The molecule has 0 aromatic heterocycles. The zero-order valence-electron chi connectivity index (χ0n) is 17.6. The highest BCUT2D eigenvalue weighted by atomic mass is 79.9. The summed E-state index contributed by atoms with van der Waals surface area (Å²) in [5, 5.41) is 21.7. The Morgan fingerprint density at radius 1 is 0.969 bits per heavy atom. The predicted octanol–water partition coefficient (Wildman–Crippen LogP) is 5.84. The predicted molar refractivity (Wildman–Crippen MR) is 127 cm³/mol. The second-order valence-electron chi connectivity index (χ2n) is 8.52. The summed E-state index contributed by atoms with van der Waals surface area (Å²) in [4.78, 5) is 17.3. The summed E-state index contributed by atoms with van der Waals surface area (Å²) < 4.78 is 0.897. The van der Waals surface area contributed by atoms with Gasteiger partial charge in [0, 0.05) is 21.4 Å². The van der Waals surface area contributed by atoms with Gasteiger partial charge < -0.3 is 5.11 Å². The number of carbonyl (C=O) groups is 1. The van der Waals surface area contributed by atoms with Crippen molar-refractivity contribution in [3.8, 4) is 6.07 Å². The molecule has 0 radical (unpaired) electrons. The third kappa shape index (κ3) is 2.82. The van der Waals surface area contributed by atoms with Gasteiger partial charge in [-0.1, -0.05) is 45.8 Å². The molecule has 1 atom stereocenters. The van der Waals surface area contributed by atoms with Crippen LogP contribution in [0.15, 0.2) is 77.3 Å². The molecule has 2 amide bonds. The molecule has 3 aromatic rings. The Morgan fingerprint density at radius 3 is 2.16 bits per heavy atom. The van der Waals surface area contributed by atoms with Gasteiger partial charge in [0.15, 0.2) is 5.72 Å². The summed E-state index contributed by atoms with van der Waals surface area (Å²) in [5.74, 6) is 0. The molecule has 5 rings (SSSR count). The van der Waals surface area contributed by atoms with E-state index in [1.54, 1.807) is 29.2 Å². The second kappa shape index (κ2) is 7.47. The van der Waals surface area contributed by atoms with Gasteiger partial charge in [0.1, 0.15) is 5.54 Å². The van der Waals surface area contributed by atoms with Gasteiger partial charge >= 0.3 is 6.03 Å². The fourth-order valence-corrected chi connectivity index (χ4v) is 5.32. The number of nitriles is 1. The van der Waals surface area contributed by atoms with E-state index >= 15 is 0 Å². The number of aliphatic hydroxyl groups is 1. The van der Waals surface area contributed by atoms with Crippen molar-refractivity contribution in [3.63, 3.8) is 0 Å². The first kappa shape index (κ1) is 20.7. The van der Waals surface area contributed by atoms with Crippen LogP contribution < -0.4 is 9.80 Å². The minimum atomic E-state index is -1.55. The number of benzene rings is 3. The van der Waals surface area contributed by atoms with E-state index in [1.807, 2.05) is 55.5 Å². The number of aryl methyl sites for hydroxylation is 1. The number of hydrogen-bond acceptors (Lipinski definition) is 3. The minimum Gasteiger partial charge on any atom is -0.364 e. The van der Waals surface area contributed by atoms with E-state index in [0.29, 0.717) is 35.3 Å². The maximum absolute atomic E-state index is 14.0. The Kier molecular flexibility index (Phi) is 4.85. The smallest absolute Gasteiger partial charge is 0.332 e. The second-order valence-corrected chi connectivity index (χ2v) is 9.43. The fourth-order valence-electron chi connectivity index (χ4n) is 5.06. The highest BCUT2D eigenvalue weighted by Gasteiger charge is 2.70. The number of nitrogens with zero attached hydrogens (tertiary/aromatic N) is 3. The summed E-state index contributed by atoms with van der Waals surface area (Å²) in [6, 6.07) is 24.0. The number of halogens is 1. The van der Waals surface area contributed by atoms with Crippen LogP contribution >= 0.6 is 15.9 Å². The van der Waals surface area contributed by atoms with E-state index in [-0.39, 0.29) is 6.03 Å². The molecule has 6 heteroatoms. The Hall–Kier alpha value is -3.14. The van der Waals surface area contributed by atoms with E-state index in [0.717, 1.165) is 16.5 Å². The first-order valence-electron chi connectivity index (χ1n) is 10.6. The molecule has 32 heavy (non-hydrogen) atoms. The van der Waals surface area contributed by atoms with Crippen LogP contribution in [0.5, 0.6) is 0 Å². The van der Waals surface area contributed by atoms with Crippen molar-refractivity contribution in [2.75, 3.05) is 9.80 Å². The summed E-state index contributed by atoms with van der Waals surface area (Å²) >= 11 is 3.46. The number of urea groups is 1. The van der Waals surface area contributed by atoms with Crippen LogP contribution in [0.1, 0.15) is 36.0 Å². The van der Waals surface area contributed by atoms with Crippen molar-refractivity contribution in [1.82, 2.24) is 0 Å². The van der Waals surface area contributed by atoms with E-state index < -0.39 is 11.3 Å². The van der Waals surface area contributed by atoms with Gasteiger partial charge in [-0.2, -0.15) is 5.26 Å². The fraction of sp³-hybridized carbons (Fsp3) is 0.231. The van der Waals surface area contributed by atoms with Crippen LogP contribution in [0.4, 0.5) is 16.2 Å². The van der Waals surface area contributed by atoms with Gasteiger partial charge in [0.25, 0.3) is 0 Å². The molecule has 1 aliphatic carbocycles. The molecule has 2 aliphatic rings. The Labute approximate surface area is 195 Å². The monoisotopic (exact) mass is 487 g/mol. The first-order valence-corrected chi connectivity index (χ1v) is 11.4. The Bertz CT molecular complexity index is 1230. The molecule has 3 aromatic carbocycles. The maximum atomic E-state index is 14.0. The Balaban J connectivity index is 1.75. The van der Waals surface area contributed by atoms with Gasteiger partial charge in [0.2, 0.25) is 0 Å². The van der Waals surface area contributed by atoms with Gasteiger partial charge in [-0.05, 0) is 74.7 Å². The molecule has 1 spiro atoms. The average Bonchev–Trinajstić information content (AvgIpc) is 2.99. The maximum Gasteiger partial charge on any atom is 0.332 e. The number of amides is 2. The van der Waals surface area contributed by atoms with Crippen LogP contribution in [0.2, 0.25) is 0 Å². The molecule has 0 bridgehead atoms. The van der Waals surface area contributed by atoms with Gasteiger partial charge in [0.05, 0.1) is 11.6 Å². The number of rotatable bonds is 3. The van der Waals surface area contributed by atoms with Crippen molar-refractivity contribution >= 4 is 33.3 Å². The third-order valence-electron chi connectivity index (χ3n) is 6.72.